The molecule has 1 heterocycles. The molecule has 0 fully saturated rings. The minimum absolute atomic E-state index is 0.0537. The zero-order valence-electron chi connectivity index (χ0n) is 11.6. The van der Waals surface area contributed by atoms with Crippen LogP contribution in [0.4, 0.5) is 0 Å². The summed E-state index contributed by atoms with van der Waals surface area (Å²) in [4.78, 5) is 0. The number of nitrogens with two attached hydrogens (primary N) is 1. The van der Waals surface area contributed by atoms with Gasteiger partial charge in [-0.3, -0.25) is 0 Å². The Bertz CT molecular complexity index is 642. The second kappa shape index (κ2) is 6.39. The summed E-state index contributed by atoms with van der Waals surface area (Å²) in [5.74, 6) is 0.991. The molecule has 0 aromatic heterocycles. The molecule has 2 N–H and O–H groups in total. The summed E-state index contributed by atoms with van der Waals surface area (Å²) >= 11 is 9.63. The van der Waals surface area contributed by atoms with Crippen LogP contribution in [0.1, 0.15) is 16.7 Å². The van der Waals surface area contributed by atoms with Gasteiger partial charge in [0.25, 0.3) is 0 Å². The number of fused-ring (bicyclic) bond motifs is 1. The van der Waals surface area contributed by atoms with E-state index in [1.54, 1.807) is 0 Å². The standard InChI is InChI=1S/C17H17BrClNO/c18-14-3-1-11(2-4-14)7-16(20)10-13-9-15(19)8-12-5-6-21-17(12)13/h1-4,8-9,16H,5-7,10,20H2. The smallest absolute Gasteiger partial charge is 0.125 e. The largest absolute Gasteiger partial charge is 0.493 e. The number of hydrogen-bond donors (Lipinski definition) is 1. The van der Waals surface area contributed by atoms with E-state index in [4.69, 9.17) is 22.1 Å². The van der Waals surface area contributed by atoms with Crippen LogP contribution >= 0.6 is 27.5 Å². The molecule has 2 aromatic carbocycles. The van der Waals surface area contributed by atoms with Gasteiger partial charge in [0.05, 0.1) is 6.61 Å². The first-order valence-electron chi connectivity index (χ1n) is 7.06. The third kappa shape index (κ3) is 3.60. The van der Waals surface area contributed by atoms with Crippen LogP contribution < -0.4 is 10.5 Å². The Morgan fingerprint density at radius 1 is 1.19 bits per heavy atom. The minimum Gasteiger partial charge on any atom is -0.493 e. The van der Waals surface area contributed by atoms with Crippen molar-refractivity contribution in [2.45, 2.75) is 25.3 Å². The van der Waals surface area contributed by atoms with Gasteiger partial charge in [-0.1, -0.05) is 39.7 Å². The molecule has 0 spiro atoms. The highest BCUT2D eigenvalue weighted by molar-refractivity contribution is 9.10. The van der Waals surface area contributed by atoms with E-state index in [1.807, 2.05) is 24.3 Å². The number of benzene rings is 2. The van der Waals surface area contributed by atoms with Crippen LogP contribution in [0.2, 0.25) is 5.02 Å². The average molecular weight is 367 g/mol. The number of hydrogen-bond acceptors (Lipinski definition) is 2. The molecule has 2 aromatic rings. The van der Waals surface area contributed by atoms with E-state index in [-0.39, 0.29) is 6.04 Å². The molecule has 3 rings (SSSR count). The first-order valence-corrected chi connectivity index (χ1v) is 8.23. The fourth-order valence-corrected chi connectivity index (χ4v) is 3.30. The fraction of sp³-hybridized carbons (Fsp3) is 0.294. The van der Waals surface area contributed by atoms with Crippen molar-refractivity contribution in [1.82, 2.24) is 0 Å². The van der Waals surface area contributed by atoms with Crippen LogP contribution in [-0.2, 0) is 19.3 Å². The van der Waals surface area contributed by atoms with Gasteiger partial charge in [-0.15, -0.1) is 0 Å². The van der Waals surface area contributed by atoms with Gasteiger partial charge in [-0.25, -0.2) is 0 Å². The molecule has 0 amide bonds. The fourth-order valence-electron chi connectivity index (χ4n) is 2.78. The molecule has 2 nitrogen and oxygen atoms in total. The van der Waals surface area contributed by atoms with Crippen molar-refractivity contribution >= 4 is 27.5 Å². The molecule has 21 heavy (non-hydrogen) atoms. The lowest BCUT2D eigenvalue weighted by Gasteiger charge is -2.15. The summed E-state index contributed by atoms with van der Waals surface area (Å²) in [6.07, 6.45) is 2.55. The number of ether oxygens (including phenoxy) is 1. The zero-order chi connectivity index (χ0) is 14.8. The maximum absolute atomic E-state index is 6.31. The highest BCUT2D eigenvalue weighted by atomic mass is 79.9. The van der Waals surface area contributed by atoms with E-state index in [0.29, 0.717) is 0 Å². The van der Waals surface area contributed by atoms with Crippen LogP contribution in [0.25, 0.3) is 0 Å². The Labute approximate surface area is 138 Å². The minimum atomic E-state index is 0.0537. The second-order valence-corrected chi connectivity index (χ2v) is 6.80. The molecule has 0 radical (unpaired) electrons. The van der Waals surface area contributed by atoms with Crippen molar-refractivity contribution in [3.63, 3.8) is 0 Å². The molecule has 110 valence electrons. The second-order valence-electron chi connectivity index (χ2n) is 5.45. The molecular formula is C17H17BrClNO. The monoisotopic (exact) mass is 365 g/mol. The maximum atomic E-state index is 6.31. The summed E-state index contributed by atoms with van der Waals surface area (Å²) in [5.41, 5.74) is 9.88. The van der Waals surface area contributed by atoms with Gasteiger partial charge in [0.15, 0.2) is 0 Å². The zero-order valence-corrected chi connectivity index (χ0v) is 14.0. The van der Waals surface area contributed by atoms with Crippen LogP contribution in [0.3, 0.4) is 0 Å². The van der Waals surface area contributed by atoms with E-state index in [0.717, 1.165) is 46.7 Å². The third-order valence-corrected chi connectivity index (χ3v) is 4.47. The molecule has 1 unspecified atom stereocenters. The van der Waals surface area contributed by atoms with Crippen molar-refractivity contribution in [3.05, 3.63) is 62.6 Å². The van der Waals surface area contributed by atoms with Crippen LogP contribution in [-0.4, -0.2) is 12.6 Å². The molecule has 0 bridgehead atoms. The summed E-state index contributed by atoms with van der Waals surface area (Å²) < 4.78 is 6.82. The molecule has 0 saturated heterocycles. The lowest BCUT2D eigenvalue weighted by atomic mass is 9.97. The first kappa shape index (κ1) is 14.9. The van der Waals surface area contributed by atoms with Gasteiger partial charge < -0.3 is 10.5 Å². The van der Waals surface area contributed by atoms with Gasteiger partial charge in [-0.2, -0.15) is 0 Å². The lowest BCUT2D eigenvalue weighted by Crippen LogP contribution is -2.25. The molecule has 1 aliphatic heterocycles. The SMILES string of the molecule is NC(Cc1ccc(Br)cc1)Cc1cc(Cl)cc2c1OCC2. The summed E-state index contributed by atoms with van der Waals surface area (Å²) in [6, 6.07) is 12.3. The highest BCUT2D eigenvalue weighted by Gasteiger charge is 2.19. The van der Waals surface area contributed by atoms with Gasteiger partial charge in [0.2, 0.25) is 0 Å². The van der Waals surface area contributed by atoms with Crippen molar-refractivity contribution in [3.8, 4) is 5.75 Å². The molecular weight excluding hydrogens is 350 g/mol. The Hall–Kier alpha value is -1.03. The van der Waals surface area contributed by atoms with Gasteiger partial charge >= 0.3 is 0 Å². The normalized spacial score (nSPS) is 14.6. The van der Waals surface area contributed by atoms with Crippen molar-refractivity contribution in [1.29, 1.82) is 0 Å². The topological polar surface area (TPSA) is 35.2 Å². The van der Waals surface area contributed by atoms with Crippen molar-refractivity contribution < 1.29 is 4.74 Å². The maximum Gasteiger partial charge on any atom is 0.125 e. The van der Waals surface area contributed by atoms with Crippen molar-refractivity contribution in [2.24, 2.45) is 5.73 Å². The molecule has 1 atom stereocenters. The molecule has 0 saturated carbocycles. The Balaban J connectivity index is 1.73. The number of halogens is 2. The van der Waals surface area contributed by atoms with Crippen LogP contribution in [0, 0.1) is 0 Å². The van der Waals surface area contributed by atoms with Gasteiger partial charge in [0, 0.05) is 22.0 Å². The summed E-state index contributed by atoms with van der Waals surface area (Å²) in [7, 11) is 0. The molecule has 4 heteroatoms. The Morgan fingerprint density at radius 3 is 2.71 bits per heavy atom. The summed E-state index contributed by atoms with van der Waals surface area (Å²) in [5, 5.41) is 0.769. The van der Waals surface area contributed by atoms with Crippen molar-refractivity contribution in [2.75, 3.05) is 6.61 Å². The predicted molar refractivity (Wildman–Crippen MR) is 90.2 cm³/mol. The van der Waals surface area contributed by atoms with E-state index in [1.165, 1.54) is 11.1 Å². The third-order valence-electron chi connectivity index (χ3n) is 3.72. The van der Waals surface area contributed by atoms with E-state index in [9.17, 15) is 0 Å². The quantitative estimate of drug-likeness (QED) is 0.882. The lowest BCUT2D eigenvalue weighted by molar-refractivity contribution is 0.352. The summed E-state index contributed by atoms with van der Waals surface area (Å²) in [6.45, 7) is 0.741. The predicted octanol–water partition coefficient (Wildman–Crippen LogP) is 4.15. The van der Waals surface area contributed by atoms with E-state index in [2.05, 4.69) is 28.1 Å². The Morgan fingerprint density at radius 2 is 1.95 bits per heavy atom. The molecule has 1 aliphatic rings. The van der Waals surface area contributed by atoms with E-state index >= 15 is 0 Å². The van der Waals surface area contributed by atoms with Gasteiger partial charge in [0.1, 0.15) is 5.75 Å². The highest BCUT2D eigenvalue weighted by Crippen LogP contribution is 2.33. The first-order chi connectivity index (χ1) is 10.1. The Kier molecular flexibility index (Phi) is 4.53. The van der Waals surface area contributed by atoms with E-state index < -0.39 is 0 Å². The number of rotatable bonds is 4. The van der Waals surface area contributed by atoms with Gasteiger partial charge in [-0.05, 0) is 53.8 Å². The molecule has 0 aliphatic carbocycles. The van der Waals surface area contributed by atoms with Crippen LogP contribution in [0.15, 0.2) is 40.9 Å². The van der Waals surface area contributed by atoms with Crippen LogP contribution in [0.5, 0.6) is 5.75 Å². The average Bonchev–Trinajstić information content (AvgIpc) is 2.89.